The summed E-state index contributed by atoms with van der Waals surface area (Å²) in [4.78, 5) is 5.14. The predicted octanol–water partition coefficient (Wildman–Crippen LogP) is 6.70. The molecule has 1 fully saturated rings. The predicted molar refractivity (Wildman–Crippen MR) is 130 cm³/mol. The molecule has 1 spiro atoms. The maximum Gasteiger partial charge on any atom is 0.212 e. The molecule has 2 aromatic carbocycles. The largest absolute Gasteiger partial charge is 0.257 e. The summed E-state index contributed by atoms with van der Waals surface area (Å²) in [5, 5.41) is 0. The number of aryl methyl sites for hydroxylation is 3. The van der Waals surface area contributed by atoms with Gasteiger partial charge in [-0.25, -0.2) is 4.57 Å². The molecule has 0 saturated heterocycles. The lowest BCUT2D eigenvalue weighted by Crippen LogP contribution is -2.32. The molecule has 0 radical (unpaired) electrons. The monoisotopic (exact) mass is 417 g/mol. The van der Waals surface area contributed by atoms with Crippen molar-refractivity contribution in [2.24, 2.45) is 7.05 Å². The highest BCUT2D eigenvalue weighted by molar-refractivity contribution is 5.88. The Labute approximate surface area is 190 Å². The fraction of sp³-hybridized carbons (Fsp3) is 0.267. The molecule has 2 heterocycles. The molecule has 2 aliphatic rings. The molecule has 2 heteroatoms. The summed E-state index contributed by atoms with van der Waals surface area (Å²) in [5.41, 5.74) is 13.3. The Morgan fingerprint density at radius 3 is 2.28 bits per heavy atom. The summed E-state index contributed by atoms with van der Waals surface area (Å²) in [6, 6.07) is 24.4. The van der Waals surface area contributed by atoms with Crippen molar-refractivity contribution in [1.82, 2.24) is 4.98 Å². The number of benzene rings is 2. The van der Waals surface area contributed by atoms with Crippen LogP contribution in [0, 0.1) is 13.8 Å². The first-order valence-corrected chi connectivity index (χ1v) is 11.8. The molecule has 0 bridgehead atoms. The van der Waals surface area contributed by atoms with Gasteiger partial charge >= 0.3 is 0 Å². The second kappa shape index (κ2) is 7.13. The van der Waals surface area contributed by atoms with Gasteiger partial charge in [0.05, 0.1) is 11.3 Å². The minimum absolute atomic E-state index is 0.0587. The van der Waals surface area contributed by atoms with Gasteiger partial charge in [-0.1, -0.05) is 61.4 Å². The third kappa shape index (κ3) is 2.72. The lowest BCUT2D eigenvalue weighted by Gasteiger charge is -2.28. The average molecular weight is 418 g/mol. The molecule has 4 aromatic rings. The van der Waals surface area contributed by atoms with Gasteiger partial charge in [-0.2, -0.15) is 0 Å². The maximum atomic E-state index is 5.14. The number of pyridine rings is 2. The van der Waals surface area contributed by atoms with E-state index < -0.39 is 0 Å². The summed E-state index contributed by atoms with van der Waals surface area (Å²) in [7, 11) is 2.19. The molecular weight excluding hydrogens is 388 g/mol. The topological polar surface area (TPSA) is 16.8 Å². The number of aromatic nitrogens is 2. The van der Waals surface area contributed by atoms with E-state index >= 15 is 0 Å². The first kappa shape index (κ1) is 19.4. The highest BCUT2D eigenvalue weighted by atomic mass is 14.9. The standard InChI is InChI=1S/C30H29N2/c1-20-11-14-24-25-15-12-21(2)31-29(25)30(17-7-8-18-30)28(24)27(20)26-16-13-23(19-32(26)3)22-9-5-4-6-10-22/h4-6,9-16,19H,7-8,17-18H2,1-3H3/q+1. The van der Waals surface area contributed by atoms with Gasteiger partial charge in [-0.15, -0.1) is 0 Å². The van der Waals surface area contributed by atoms with E-state index in [1.165, 1.54) is 76.0 Å². The van der Waals surface area contributed by atoms with Gasteiger partial charge in [-0.3, -0.25) is 4.98 Å². The van der Waals surface area contributed by atoms with Gasteiger partial charge in [-0.05, 0) is 61.1 Å². The molecule has 0 aliphatic heterocycles. The fourth-order valence-corrected chi connectivity index (χ4v) is 6.15. The fourth-order valence-electron chi connectivity index (χ4n) is 6.15. The summed E-state index contributed by atoms with van der Waals surface area (Å²) in [5.74, 6) is 0. The molecule has 2 nitrogen and oxygen atoms in total. The van der Waals surface area contributed by atoms with E-state index in [9.17, 15) is 0 Å². The summed E-state index contributed by atoms with van der Waals surface area (Å²) in [6.07, 6.45) is 7.23. The molecule has 0 atom stereocenters. The maximum absolute atomic E-state index is 5.14. The van der Waals surface area contributed by atoms with Gasteiger partial charge in [0.25, 0.3) is 0 Å². The molecular formula is C30H29N2+. The van der Waals surface area contributed by atoms with Gasteiger partial charge in [0.1, 0.15) is 7.05 Å². The van der Waals surface area contributed by atoms with E-state index in [4.69, 9.17) is 4.98 Å². The first-order chi connectivity index (χ1) is 15.6. The Balaban J connectivity index is 1.60. The van der Waals surface area contributed by atoms with Crippen LogP contribution in [-0.2, 0) is 12.5 Å². The van der Waals surface area contributed by atoms with Gasteiger partial charge in [0.2, 0.25) is 5.69 Å². The van der Waals surface area contributed by atoms with Crippen LogP contribution in [0.3, 0.4) is 0 Å². The SMILES string of the molecule is Cc1ccc2c(n1)C1(CCCC1)c1c-2ccc(C)c1-c1ccc(-c2ccccc2)c[n+]1C. The van der Waals surface area contributed by atoms with Crippen molar-refractivity contribution >= 4 is 0 Å². The van der Waals surface area contributed by atoms with Crippen LogP contribution in [0.15, 0.2) is 72.9 Å². The minimum atomic E-state index is 0.0587. The van der Waals surface area contributed by atoms with Crippen molar-refractivity contribution in [2.75, 3.05) is 0 Å². The van der Waals surface area contributed by atoms with Crippen LogP contribution < -0.4 is 4.57 Å². The lowest BCUT2D eigenvalue weighted by molar-refractivity contribution is -0.659. The molecule has 2 aromatic heterocycles. The Bertz CT molecular complexity index is 1350. The minimum Gasteiger partial charge on any atom is -0.257 e. The van der Waals surface area contributed by atoms with Crippen LogP contribution in [-0.4, -0.2) is 4.98 Å². The van der Waals surface area contributed by atoms with E-state index in [0.717, 1.165) is 5.69 Å². The van der Waals surface area contributed by atoms with Crippen LogP contribution in [0.5, 0.6) is 0 Å². The average Bonchev–Trinajstić information content (AvgIpc) is 3.40. The molecule has 158 valence electrons. The van der Waals surface area contributed by atoms with Crippen molar-refractivity contribution in [1.29, 1.82) is 0 Å². The van der Waals surface area contributed by atoms with Crippen molar-refractivity contribution in [3.05, 3.63) is 95.4 Å². The van der Waals surface area contributed by atoms with Gasteiger partial charge in [0.15, 0.2) is 6.20 Å². The Hall–Kier alpha value is -3.26. The van der Waals surface area contributed by atoms with Crippen LogP contribution in [0.1, 0.15) is 48.2 Å². The first-order valence-electron chi connectivity index (χ1n) is 11.8. The van der Waals surface area contributed by atoms with Gasteiger partial charge < -0.3 is 0 Å². The number of rotatable bonds is 2. The lowest BCUT2D eigenvalue weighted by atomic mass is 9.75. The van der Waals surface area contributed by atoms with Crippen LogP contribution in [0.25, 0.3) is 33.5 Å². The van der Waals surface area contributed by atoms with Crippen LogP contribution in [0.4, 0.5) is 0 Å². The Morgan fingerprint density at radius 1 is 0.781 bits per heavy atom. The number of fused-ring (bicyclic) bond motifs is 5. The molecule has 1 saturated carbocycles. The van der Waals surface area contributed by atoms with Crippen molar-refractivity contribution in [3.8, 4) is 33.5 Å². The van der Waals surface area contributed by atoms with Crippen molar-refractivity contribution in [2.45, 2.75) is 44.9 Å². The smallest absolute Gasteiger partial charge is 0.212 e. The van der Waals surface area contributed by atoms with E-state index in [-0.39, 0.29) is 5.41 Å². The Morgan fingerprint density at radius 2 is 1.53 bits per heavy atom. The summed E-state index contributed by atoms with van der Waals surface area (Å²) >= 11 is 0. The molecule has 2 aliphatic carbocycles. The Kier molecular flexibility index (Phi) is 4.33. The molecule has 6 rings (SSSR count). The third-order valence-corrected chi connectivity index (χ3v) is 7.62. The van der Waals surface area contributed by atoms with Crippen LogP contribution in [0.2, 0.25) is 0 Å². The van der Waals surface area contributed by atoms with Crippen molar-refractivity contribution < 1.29 is 4.57 Å². The van der Waals surface area contributed by atoms with Crippen molar-refractivity contribution in [3.63, 3.8) is 0 Å². The second-order valence-corrected chi connectivity index (χ2v) is 9.60. The zero-order valence-corrected chi connectivity index (χ0v) is 19.2. The second-order valence-electron chi connectivity index (χ2n) is 9.60. The van der Waals surface area contributed by atoms with Gasteiger partial charge in [0, 0.05) is 28.3 Å². The zero-order chi connectivity index (χ0) is 21.9. The number of hydrogen-bond acceptors (Lipinski definition) is 1. The highest BCUT2D eigenvalue weighted by Crippen LogP contribution is 2.58. The normalized spacial score (nSPS) is 15.7. The highest BCUT2D eigenvalue weighted by Gasteiger charge is 2.49. The van der Waals surface area contributed by atoms with Crippen LogP contribution >= 0.6 is 0 Å². The van der Waals surface area contributed by atoms with E-state index in [2.05, 4.69) is 98.4 Å². The molecule has 0 amide bonds. The summed E-state index contributed by atoms with van der Waals surface area (Å²) < 4.78 is 2.31. The molecule has 32 heavy (non-hydrogen) atoms. The number of hydrogen-bond donors (Lipinski definition) is 0. The zero-order valence-electron chi connectivity index (χ0n) is 19.2. The summed E-state index contributed by atoms with van der Waals surface area (Å²) in [6.45, 7) is 4.39. The molecule has 0 N–H and O–H groups in total. The van der Waals surface area contributed by atoms with E-state index in [1.807, 2.05) is 0 Å². The third-order valence-electron chi connectivity index (χ3n) is 7.62. The number of nitrogens with zero attached hydrogens (tertiary/aromatic N) is 2. The van der Waals surface area contributed by atoms with E-state index in [0.29, 0.717) is 0 Å². The van der Waals surface area contributed by atoms with E-state index in [1.54, 1.807) is 0 Å². The quantitative estimate of drug-likeness (QED) is 0.332. The molecule has 0 unspecified atom stereocenters.